The number of allylic oxidation sites excluding steroid dienone is 1. The molecule has 1 aromatic heterocycles. The van der Waals surface area contributed by atoms with E-state index in [1.807, 2.05) is 73.7 Å². The van der Waals surface area contributed by atoms with Gasteiger partial charge in [-0.2, -0.15) is 26.3 Å². The zero-order valence-electron chi connectivity index (χ0n) is 35.4. The molecule has 334 valence electrons. The van der Waals surface area contributed by atoms with Crippen molar-refractivity contribution < 1.29 is 59.6 Å². The Bertz CT molecular complexity index is 2290. The Balaban J connectivity index is 1.34. The van der Waals surface area contributed by atoms with E-state index >= 15 is 0 Å². The zero-order chi connectivity index (χ0) is 45.5. The Morgan fingerprint density at radius 1 is 0.857 bits per heavy atom. The number of imide groups is 1. The lowest BCUT2D eigenvalue weighted by Gasteiger charge is -2.46. The van der Waals surface area contributed by atoms with Gasteiger partial charge in [-0.05, 0) is 101 Å². The molecule has 0 spiro atoms. The number of rotatable bonds is 13. The minimum absolute atomic E-state index is 0.0322. The van der Waals surface area contributed by atoms with Crippen LogP contribution >= 0.6 is 0 Å². The maximum absolute atomic E-state index is 14.6. The van der Waals surface area contributed by atoms with Crippen LogP contribution in [0, 0.1) is 17.8 Å². The minimum Gasteiger partial charge on any atom is -0.459 e. The molecule has 3 heterocycles. The predicted octanol–water partition coefficient (Wildman–Crippen LogP) is 9.35. The molecule has 0 radical (unpaired) electrons. The van der Waals surface area contributed by atoms with Crippen molar-refractivity contribution in [3.63, 3.8) is 0 Å². The fraction of sp³-hybridized carbons (Fsp3) is 0.404. The van der Waals surface area contributed by atoms with Crippen LogP contribution in [0.3, 0.4) is 0 Å². The van der Waals surface area contributed by atoms with Gasteiger partial charge < -0.3 is 23.6 Å². The van der Waals surface area contributed by atoms with Crippen molar-refractivity contribution in [1.29, 1.82) is 0 Å². The van der Waals surface area contributed by atoms with E-state index in [9.17, 15) is 46.1 Å². The highest BCUT2D eigenvalue weighted by molar-refractivity contribution is 6.99. The molecule has 7 rings (SSSR count). The van der Waals surface area contributed by atoms with Crippen molar-refractivity contribution in [2.75, 3.05) is 11.5 Å². The lowest BCUT2D eigenvalue weighted by atomic mass is 9.58. The summed E-state index contributed by atoms with van der Waals surface area (Å²) in [5, 5.41) is 22.4. The van der Waals surface area contributed by atoms with E-state index in [1.165, 1.54) is 0 Å². The molecule has 4 atom stereocenters. The number of halogens is 6. The van der Waals surface area contributed by atoms with Crippen molar-refractivity contribution in [2.45, 2.75) is 96.2 Å². The van der Waals surface area contributed by atoms with Crippen LogP contribution < -0.4 is 15.3 Å². The molecule has 63 heavy (non-hydrogen) atoms. The monoisotopic (exact) mass is 893 g/mol. The first kappa shape index (κ1) is 46.3. The predicted molar refractivity (Wildman–Crippen MR) is 229 cm³/mol. The average Bonchev–Trinajstić information content (AvgIpc) is 3.79. The second-order valence-corrected chi connectivity index (χ2v) is 21.9. The second-order valence-electron chi connectivity index (χ2n) is 17.6. The molecule has 2 aliphatic heterocycles. The maximum Gasteiger partial charge on any atom is 0.455 e. The summed E-state index contributed by atoms with van der Waals surface area (Å²) in [6.45, 7) is 8.03. The Labute approximate surface area is 363 Å². The third kappa shape index (κ3) is 9.28. The molecule has 3 aromatic carbocycles. The number of furan rings is 1. The highest BCUT2D eigenvalue weighted by atomic mass is 28.4. The van der Waals surface area contributed by atoms with Crippen molar-refractivity contribution in [2.24, 2.45) is 17.8 Å². The number of benzene rings is 3. The average molecular weight is 894 g/mol. The number of hydrogen-bond donors (Lipinski definition) is 2. The Hall–Kier alpha value is -4.74. The lowest BCUT2D eigenvalue weighted by Crippen LogP contribution is -2.66. The normalized spacial score (nSPS) is 21.3. The van der Waals surface area contributed by atoms with E-state index in [1.54, 1.807) is 12.1 Å². The fourth-order valence-electron chi connectivity index (χ4n) is 9.84. The van der Waals surface area contributed by atoms with Gasteiger partial charge in [0, 0.05) is 0 Å². The fourth-order valence-corrected chi connectivity index (χ4v) is 14.4. The summed E-state index contributed by atoms with van der Waals surface area (Å²) in [5.74, 6) is -4.16. The largest absolute Gasteiger partial charge is 0.459 e. The SMILES string of the molecule is CCC/C(=C\c1ccc(CO)o1)CC[C@H]1OB(O)C[C@H]2C1=C(CO[Si](c1ccccc1)(c1ccccc1)C(C)(C)C)C[C@H]1C(=O)N(c3cc(C(F)(F)F)cc(C(F)(F)F)c3)C(=O)[C@H]12. The van der Waals surface area contributed by atoms with E-state index in [4.69, 9.17) is 13.5 Å². The van der Waals surface area contributed by atoms with Crippen molar-refractivity contribution >= 4 is 49.4 Å². The number of fused-ring (bicyclic) bond motifs is 3. The molecular formula is C47H50BF6NO7Si. The van der Waals surface area contributed by atoms with Crippen LogP contribution in [0.1, 0.15) is 82.4 Å². The minimum atomic E-state index is -5.21. The smallest absolute Gasteiger partial charge is 0.455 e. The molecule has 8 nitrogen and oxygen atoms in total. The van der Waals surface area contributed by atoms with Gasteiger partial charge in [-0.15, -0.1) is 0 Å². The van der Waals surface area contributed by atoms with Gasteiger partial charge in [-0.25, -0.2) is 4.90 Å². The van der Waals surface area contributed by atoms with E-state index < -0.39 is 85.3 Å². The molecule has 16 heteroatoms. The quantitative estimate of drug-likeness (QED) is 0.0596. The number of carbonyl (C=O) groups excluding carboxylic acids is 2. The number of carbonyl (C=O) groups is 2. The molecule has 2 N–H and O–H groups in total. The molecule has 2 amide bonds. The zero-order valence-corrected chi connectivity index (χ0v) is 36.4. The van der Waals surface area contributed by atoms with Gasteiger partial charge in [-0.3, -0.25) is 9.59 Å². The molecule has 2 fully saturated rings. The van der Waals surface area contributed by atoms with Gasteiger partial charge in [0.15, 0.2) is 0 Å². The van der Waals surface area contributed by atoms with Crippen molar-refractivity contribution in [1.82, 2.24) is 0 Å². The number of aliphatic hydroxyl groups excluding tert-OH is 1. The van der Waals surface area contributed by atoms with Crippen LogP contribution in [0.2, 0.25) is 11.4 Å². The van der Waals surface area contributed by atoms with Crippen LogP contribution in [0.5, 0.6) is 0 Å². The Morgan fingerprint density at radius 2 is 1.46 bits per heavy atom. The van der Waals surface area contributed by atoms with Gasteiger partial charge in [0.25, 0.3) is 8.32 Å². The van der Waals surface area contributed by atoms with Crippen LogP contribution in [0.25, 0.3) is 6.08 Å². The molecule has 4 aromatic rings. The summed E-state index contributed by atoms with van der Waals surface area (Å²) in [6.07, 6.45) is -7.32. The maximum atomic E-state index is 14.6. The third-order valence-corrected chi connectivity index (χ3v) is 17.5. The standard InChI is InChI=1S/C47H50BF6NO7Si/c1-5-12-29(21-34-18-19-35(27-56)61-34)17-20-40-41-30(28-60-63(45(2,3)4,36-13-8-6-9-14-36)37-15-10-7-11-16-37)22-38-42(39(41)26-48(59)62-40)44(58)55(43(38)57)33-24-31(46(49,50)51)23-32(25-33)47(52,53)54/h6-11,13-16,18-19,21,23-25,38-40,42,56,59H,5,12,17,20,22,26-28H2,1-4H3/b29-21+/t38-,39+,40-,42-/m1/s1. The number of amides is 2. The highest BCUT2D eigenvalue weighted by Gasteiger charge is 2.59. The van der Waals surface area contributed by atoms with E-state index in [0.29, 0.717) is 59.0 Å². The van der Waals surface area contributed by atoms with Gasteiger partial charge in [0.2, 0.25) is 11.8 Å². The molecule has 0 saturated carbocycles. The molecule has 0 unspecified atom stereocenters. The highest BCUT2D eigenvalue weighted by Crippen LogP contribution is 2.52. The first-order chi connectivity index (χ1) is 29.8. The van der Waals surface area contributed by atoms with Crippen LogP contribution in [-0.4, -0.2) is 50.1 Å². The number of hydrogen-bond acceptors (Lipinski definition) is 7. The van der Waals surface area contributed by atoms with E-state index in [-0.39, 0.29) is 32.0 Å². The summed E-state index contributed by atoms with van der Waals surface area (Å²) < 4.78 is 104. The molecule has 3 aliphatic rings. The van der Waals surface area contributed by atoms with Crippen LogP contribution in [0.4, 0.5) is 32.0 Å². The molecule has 2 saturated heterocycles. The number of alkyl halides is 6. The summed E-state index contributed by atoms with van der Waals surface area (Å²) in [7, 11) is -4.64. The van der Waals surface area contributed by atoms with Crippen molar-refractivity contribution in [3.05, 3.63) is 130 Å². The Kier molecular flexibility index (Phi) is 13.2. The number of anilines is 1. The summed E-state index contributed by atoms with van der Waals surface area (Å²) >= 11 is 0. The van der Waals surface area contributed by atoms with Gasteiger partial charge >= 0.3 is 19.5 Å². The topological polar surface area (TPSA) is 109 Å². The summed E-state index contributed by atoms with van der Waals surface area (Å²) in [6, 6.07) is 23.9. The van der Waals surface area contributed by atoms with Crippen LogP contribution in [0.15, 0.2) is 112 Å². The van der Waals surface area contributed by atoms with Crippen molar-refractivity contribution in [3.8, 4) is 0 Å². The third-order valence-electron chi connectivity index (χ3n) is 12.5. The number of aliphatic hydroxyl groups is 1. The lowest BCUT2D eigenvalue weighted by molar-refractivity contribution is -0.143. The molecule has 1 aliphatic carbocycles. The molecular weight excluding hydrogens is 843 g/mol. The molecule has 0 bridgehead atoms. The van der Waals surface area contributed by atoms with Gasteiger partial charge in [0.05, 0.1) is 41.4 Å². The number of nitrogens with zero attached hydrogens (tertiary/aromatic N) is 1. The first-order valence-electron chi connectivity index (χ1n) is 21.1. The summed E-state index contributed by atoms with van der Waals surface area (Å²) in [5.41, 5.74) is -1.87. The Morgan fingerprint density at radius 3 is 1.98 bits per heavy atom. The van der Waals surface area contributed by atoms with Crippen LogP contribution in [-0.2, 0) is 37.6 Å². The first-order valence-corrected chi connectivity index (χ1v) is 23.0. The van der Waals surface area contributed by atoms with Gasteiger partial charge in [-0.1, -0.05) is 100 Å². The van der Waals surface area contributed by atoms with E-state index in [0.717, 1.165) is 22.4 Å². The van der Waals surface area contributed by atoms with E-state index in [2.05, 4.69) is 20.8 Å². The van der Waals surface area contributed by atoms with Gasteiger partial charge in [0.1, 0.15) is 18.1 Å². The summed E-state index contributed by atoms with van der Waals surface area (Å²) in [4.78, 5) is 29.6. The second kappa shape index (κ2) is 18.0.